The van der Waals surface area contributed by atoms with Gasteiger partial charge in [-0.05, 0) is 59.2 Å². The normalized spacial score (nSPS) is 15.4. The molecule has 1 atom stereocenters. The Hall–Kier alpha value is -3.99. The topological polar surface area (TPSA) is 97.6 Å². The fourth-order valence-corrected chi connectivity index (χ4v) is 4.79. The molecular formula is C31H41F2N5O4. The van der Waals surface area contributed by atoms with Crippen LogP contribution in [0.25, 0.3) is 0 Å². The minimum absolute atomic E-state index is 0.240. The second-order valence-electron chi connectivity index (χ2n) is 11.0. The number of hydrogen-bond acceptors (Lipinski definition) is 6. The molecule has 3 rings (SSSR count). The minimum atomic E-state index is -0.839. The van der Waals surface area contributed by atoms with Gasteiger partial charge in [0.05, 0.1) is 19.1 Å². The first-order chi connectivity index (χ1) is 19.9. The van der Waals surface area contributed by atoms with E-state index in [-0.39, 0.29) is 17.8 Å². The molecule has 9 nitrogen and oxygen atoms in total. The number of amides is 1. The van der Waals surface area contributed by atoms with E-state index in [1.165, 1.54) is 10.6 Å². The average molecular weight is 586 g/mol. The molecule has 0 saturated carbocycles. The van der Waals surface area contributed by atoms with Crippen molar-refractivity contribution >= 4 is 11.8 Å². The van der Waals surface area contributed by atoms with Crippen LogP contribution >= 0.6 is 0 Å². The van der Waals surface area contributed by atoms with Gasteiger partial charge in [-0.3, -0.25) is 13.9 Å². The Labute approximate surface area is 245 Å². The Morgan fingerprint density at radius 3 is 2.31 bits per heavy atom. The molecule has 1 amide bonds. The Balaban J connectivity index is 2.20. The number of ether oxygens (including phenoxy) is 1. The third-order valence-electron chi connectivity index (χ3n) is 6.85. The highest BCUT2D eigenvalue weighted by molar-refractivity contribution is 5.69. The molecule has 0 radical (unpaired) electrons. The first-order valence-electron chi connectivity index (χ1n) is 14.1. The van der Waals surface area contributed by atoms with E-state index in [0.717, 1.165) is 16.7 Å². The second-order valence-corrected chi connectivity index (χ2v) is 11.0. The van der Waals surface area contributed by atoms with Crippen LogP contribution < -0.4 is 26.8 Å². The summed E-state index contributed by atoms with van der Waals surface area (Å²) in [6.45, 7) is 12.1. The van der Waals surface area contributed by atoms with Crippen molar-refractivity contribution in [3.63, 3.8) is 0 Å². The van der Waals surface area contributed by atoms with E-state index in [1.807, 2.05) is 24.0 Å². The minimum Gasteiger partial charge on any atom is -0.444 e. The van der Waals surface area contributed by atoms with Crippen LogP contribution in [0.2, 0.25) is 0 Å². The molecule has 2 aromatic rings. The lowest BCUT2D eigenvalue weighted by Gasteiger charge is -2.32. The molecule has 1 aliphatic rings. The number of anilines is 1. The van der Waals surface area contributed by atoms with Crippen LogP contribution in [0.1, 0.15) is 45.9 Å². The van der Waals surface area contributed by atoms with Crippen LogP contribution in [0, 0.1) is 18.6 Å². The van der Waals surface area contributed by atoms with E-state index < -0.39 is 47.2 Å². The highest BCUT2D eigenvalue weighted by atomic mass is 19.1. The van der Waals surface area contributed by atoms with Gasteiger partial charge < -0.3 is 20.3 Å². The third kappa shape index (κ3) is 8.06. The summed E-state index contributed by atoms with van der Waals surface area (Å²) in [7, 11) is 0. The lowest BCUT2D eigenvalue weighted by atomic mass is 10.1. The van der Waals surface area contributed by atoms with Gasteiger partial charge in [0.2, 0.25) is 0 Å². The van der Waals surface area contributed by atoms with Crippen LogP contribution in [-0.2, 0) is 17.8 Å². The molecule has 1 aromatic heterocycles. The van der Waals surface area contributed by atoms with Crippen molar-refractivity contribution in [1.29, 1.82) is 0 Å². The zero-order valence-corrected chi connectivity index (χ0v) is 25.2. The summed E-state index contributed by atoms with van der Waals surface area (Å²) in [5, 5.41) is 6.04. The van der Waals surface area contributed by atoms with Crippen LogP contribution in [0.3, 0.4) is 0 Å². The molecule has 2 N–H and O–H groups in total. The molecule has 0 aliphatic carbocycles. The van der Waals surface area contributed by atoms with Crippen molar-refractivity contribution in [2.45, 2.75) is 66.3 Å². The summed E-state index contributed by atoms with van der Waals surface area (Å²) in [4.78, 5) is 42.7. The van der Waals surface area contributed by atoms with Crippen LogP contribution in [0.15, 0.2) is 63.7 Å². The fourth-order valence-electron chi connectivity index (χ4n) is 4.79. The summed E-state index contributed by atoms with van der Waals surface area (Å²) in [6.07, 6.45) is 8.25. The highest BCUT2D eigenvalue weighted by Crippen LogP contribution is 2.19. The van der Waals surface area contributed by atoms with Gasteiger partial charge in [-0.25, -0.2) is 18.4 Å². The van der Waals surface area contributed by atoms with Crippen molar-refractivity contribution in [2.24, 2.45) is 0 Å². The zero-order valence-electron chi connectivity index (χ0n) is 25.2. The predicted molar refractivity (Wildman–Crippen MR) is 161 cm³/mol. The maximum absolute atomic E-state index is 14.7. The third-order valence-corrected chi connectivity index (χ3v) is 6.85. The molecular weight excluding hydrogens is 544 g/mol. The van der Waals surface area contributed by atoms with Crippen LogP contribution in [0.5, 0.6) is 0 Å². The average Bonchev–Trinajstić information content (AvgIpc) is 2.92. The summed E-state index contributed by atoms with van der Waals surface area (Å²) in [6, 6.07) is 2.67. The molecule has 42 heavy (non-hydrogen) atoms. The number of nitrogens with zero attached hydrogens (tertiary/aromatic N) is 3. The fraction of sp³-hybridized carbons (Fsp3) is 0.452. The van der Waals surface area contributed by atoms with Crippen molar-refractivity contribution in [3.8, 4) is 0 Å². The number of carbonyl (C=O) groups is 1. The first-order valence-corrected chi connectivity index (χ1v) is 14.1. The molecule has 1 saturated heterocycles. The molecule has 0 bridgehead atoms. The molecule has 2 heterocycles. The molecule has 11 heteroatoms. The van der Waals surface area contributed by atoms with Gasteiger partial charge in [-0.15, -0.1) is 0 Å². The number of aromatic nitrogens is 2. The highest BCUT2D eigenvalue weighted by Gasteiger charge is 2.27. The van der Waals surface area contributed by atoms with E-state index in [2.05, 4.69) is 10.6 Å². The number of hydrogen-bond donors (Lipinski definition) is 2. The monoisotopic (exact) mass is 585 g/mol. The summed E-state index contributed by atoms with van der Waals surface area (Å²) in [5.74, 6) is -1.59. The molecule has 1 fully saturated rings. The predicted octanol–water partition coefficient (Wildman–Crippen LogP) is 4.03. The maximum atomic E-state index is 14.7. The molecule has 1 aliphatic heterocycles. The van der Waals surface area contributed by atoms with Crippen molar-refractivity contribution in [2.75, 3.05) is 31.1 Å². The van der Waals surface area contributed by atoms with Gasteiger partial charge in [0.15, 0.2) is 0 Å². The van der Waals surface area contributed by atoms with Gasteiger partial charge in [0, 0.05) is 37.4 Å². The van der Waals surface area contributed by atoms with Gasteiger partial charge in [0.25, 0.3) is 5.56 Å². The number of halogens is 2. The number of alkyl carbamates (subject to hydrolysis) is 1. The Morgan fingerprint density at radius 1 is 1.10 bits per heavy atom. The Morgan fingerprint density at radius 2 is 1.74 bits per heavy atom. The van der Waals surface area contributed by atoms with Gasteiger partial charge >= 0.3 is 11.8 Å². The Bertz CT molecular complexity index is 1460. The smallest absolute Gasteiger partial charge is 0.408 e. The lowest BCUT2D eigenvalue weighted by Crippen LogP contribution is -2.52. The number of nitrogens with one attached hydrogen (secondary N) is 2. The van der Waals surface area contributed by atoms with E-state index in [9.17, 15) is 23.2 Å². The second kappa shape index (κ2) is 14.3. The number of piperazine rings is 1. The zero-order chi connectivity index (χ0) is 31.0. The number of rotatable bonds is 9. The summed E-state index contributed by atoms with van der Waals surface area (Å²) in [5.41, 5.74) is -1.15. The van der Waals surface area contributed by atoms with E-state index in [1.54, 1.807) is 52.8 Å². The van der Waals surface area contributed by atoms with Crippen LogP contribution in [-0.4, -0.2) is 53.0 Å². The molecule has 0 unspecified atom stereocenters. The Kier molecular flexibility index (Phi) is 11.0. The maximum Gasteiger partial charge on any atom is 0.408 e. The van der Waals surface area contributed by atoms with Gasteiger partial charge in [-0.1, -0.05) is 36.4 Å². The molecule has 228 valence electrons. The summed E-state index contributed by atoms with van der Waals surface area (Å²) >= 11 is 0. The standard InChI is InChI=1S/C31H41F2N5O4/c1-7-9-10-12-22(8-2)26(35-29(40)42-31(4,5)6)20-38-28(39)27(36-17-15-34-16-18-36)21(3)37(30(38)41)19-23-24(32)13-11-14-25(23)33/h7-14,26,34H,15-20H2,1-6H3,(H,35,40)/b9-7-,12-10-,22-8+/t26-/m0/s1. The van der Waals surface area contributed by atoms with Crippen molar-refractivity contribution in [3.05, 3.63) is 97.9 Å². The lowest BCUT2D eigenvalue weighted by molar-refractivity contribution is 0.0508. The number of allylic oxidation sites excluding steroid dienone is 4. The largest absolute Gasteiger partial charge is 0.444 e. The van der Waals surface area contributed by atoms with E-state index >= 15 is 0 Å². The van der Waals surface area contributed by atoms with Crippen molar-refractivity contribution < 1.29 is 18.3 Å². The van der Waals surface area contributed by atoms with E-state index in [0.29, 0.717) is 37.4 Å². The van der Waals surface area contributed by atoms with Crippen LogP contribution in [0.4, 0.5) is 19.3 Å². The summed E-state index contributed by atoms with van der Waals surface area (Å²) < 4.78 is 37.1. The van der Waals surface area contributed by atoms with Gasteiger partial charge in [0.1, 0.15) is 22.9 Å². The van der Waals surface area contributed by atoms with Crippen molar-refractivity contribution in [1.82, 2.24) is 19.8 Å². The van der Waals surface area contributed by atoms with Gasteiger partial charge in [-0.2, -0.15) is 0 Å². The first kappa shape index (κ1) is 32.5. The molecule has 1 aromatic carbocycles. The molecule has 0 spiro atoms. The number of benzene rings is 1. The van der Waals surface area contributed by atoms with E-state index in [4.69, 9.17) is 4.74 Å². The SMILES string of the molecule is C\C=C/C=C\C(=C/C)[C@H](Cn1c(=O)c(N2CCNCC2)c(C)n(Cc2c(F)cccc2F)c1=O)NC(=O)OC(C)(C)C. The number of carbonyl (C=O) groups excluding carboxylic acids is 1. The quantitative estimate of drug-likeness (QED) is 0.432.